The zero-order valence-electron chi connectivity index (χ0n) is 7.75. The SMILES string of the molecule is O=C1c2ccccc2C(=O)N1C/C=N\O. The summed E-state index contributed by atoms with van der Waals surface area (Å²) in [7, 11) is 0. The van der Waals surface area contributed by atoms with Crippen molar-refractivity contribution in [3.05, 3.63) is 35.4 Å². The highest BCUT2D eigenvalue weighted by Crippen LogP contribution is 2.21. The van der Waals surface area contributed by atoms with Crippen molar-refractivity contribution in [2.24, 2.45) is 5.16 Å². The van der Waals surface area contributed by atoms with E-state index < -0.39 is 0 Å². The number of amides is 2. The summed E-state index contributed by atoms with van der Waals surface area (Å²) in [6.45, 7) is -0.0111. The second kappa shape index (κ2) is 3.53. The van der Waals surface area contributed by atoms with Crippen LogP contribution >= 0.6 is 0 Å². The first kappa shape index (κ1) is 9.39. The Balaban J connectivity index is 2.37. The molecular formula is C10H8N2O3. The Bertz CT molecular complexity index is 419. The zero-order chi connectivity index (χ0) is 10.8. The number of hydrogen-bond donors (Lipinski definition) is 1. The molecule has 5 nitrogen and oxygen atoms in total. The minimum atomic E-state index is -0.351. The Morgan fingerprint density at radius 1 is 1.20 bits per heavy atom. The Morgan fingerprint density at radius 3 is 2.20 bits per heavy atom. The molecular weight excluding hydrogens is 196 g/mol. The lowest BCUT2D eigenvalue weighted by Gasteiger charge is -2.08. The van der Waals surface area contributed by atoms with E-state index in [2.05, 4.69) is 5.16 Å². The van der Waals surface area contributed by atoms with Gasteiger partial charge in [-0.15, -0.1) is 5.16 Å². The van der Waals surface area contributed by atoms with Crippen molar-refractivity contribution in [3.8, 4) is 0 Å². The molecule has 0 bridgehead atoms. The molecule has 0 aliphatic carbocycles. The summed E-state index contributed by atoms with van der Waals surface area (Å²) in [6, 6.07) is 6.61. The molecule has 0 saturated heterocycles. The molecule has 0 spiro atoms. The van der Waals surface area contributed by atoms with Gasteiger partial charge in [-0.2, -0.15) is 0 Å². The van der Waals surface area contributed by atoms with E-state index >= 15 is 0 Å². The molecule has 2 amide bonds. The third-order valence-electron chi connectivity index (χ3n) is 2.22. The highest BCUT2D eigenvalue weighted by molar-refractivity contribution is 6.21. The molecule has 1 aromatic carbocycles. The minimum absolute atomic E-state index is 0.0111. The third kappa shape index (κ3) is 1.38. The van der Waals surface area contributed by atoms with Gasteiger partial charge in [0.2, 0.25) is 0 Å². The molecule has 0 saturated carbocycles. The van der Waals surface area contributed by atoms with Crippen molar-refractivity contribution < 1.29 is 14.8 Å². The first-order valence-corrected chi connectivity index (χ1v) is 4.37. The van der Waals surface area contributed by atoms with E-state index in [0.29, 0.717) is 11.1 Å². The van der Waals surface area contributed by atoms with E-state index in [-0.39, 0.29) is 18.4 Å². The molecule has 5 heteroatoms. The number of fused-ring (bicyclic) bond motifs is 1. The third-order valence-corrected chi connectivity index (χ3v) is 2.22. The Hall–Kier alpha value is -2.17. The number of oxime groups is 1. The number of hydrogen-bond acceptors (Lipinski definition) is 4. The van der Waals surface area contributed by atoms with Crippen LogP contribution in [0.15, 0.2) is 29.4 Å². The van der Waals surface area contributed by atoms with Crippen LogP contribution in [-0.4, -0.2) is 34.7 Å². The predicted molar refractivity (Wildman–Crippen MR) is 52.1 cm³/mol. The van der Waals surface area contributed by atoms with Crippen LogP contribution in [0.2, 0.25) is 0 Å². The van der Waals surface area contributed by atoms with Crippen LogP contribution in [0.5, 0.6) is 0 Å². The summed E-state index contributed by atoms with van der Waals surface area (Å²) in [5.41, 5.74) is 0.794. The van der Waals surface area contributed by atoms with E-state index in [1.54, 1.807) is 24.3 Å². The van der Waals surface area contributed by atoms with Gasteiger partial charge in [-0.25, -0.2) is 0 Å². The number of rotatable bonds is 2. The van der Waals surface area contributed by atoms with Gasteiger partial charge >= 0.3 is 0 Å². The van der Waals surface area contributed by atoms with Crippen LogP contribution in [0.3, 0.4) is 0 Å². The van der Waals surface area contributed by atoms with Crippen molar-refractivity contribution in [3.63, 3.8) is 0 Å². The second-order valence-electron chi connectivity index (χ2n) is 3.06. The molecule has 2 rings (SSSR count). The van der Waals surface area contributed by atoms with Crippen LogP contribution in [0.25, 0.3) is 0 Å². The molecule has 0 atom stereocenters. The van der Waals surface area contributed by atoms with Gasteiger partial charge in [-0.3, -0.25) is 14.5 Å². The maximum atomic E-state index is 11.7. The summed E-state index contributed by atoms with van der Waals surface area (Å²) in [4.78, 5) is 24.4. The van der Waals surface area contributed by atoms with Crippen LogP contribution in [-0.2, 0) is 0 Å². The summed E-state index contributed by atoms with van der Waals surface area (Å²) in [5, 5.41) is 11.0. The summed E-state index contributed by atoms with van der Waals surface area (Å²) >= 11 is 0. The molecule has 0 fully saturated rings. The molecule has 0 radical (unpaired) electrons. The first-order valence-electron chi connectivity index (χ1n) is 4.37. The summed E-state index contributed by atoms with van der Waals surface area (Å²) < 4.78 is 0. The normalized spacial score (nSPS) is 15.1. The zero-order valence-corrected chi connectivity index (χ0v) is 7.75. The summed E-state index contributed by atoms with van der Waals surface area (Å²) in [5.74, 6) is -0.703. The van der Waals surface area contributed by atoms with E-state index in [1.807, 2.05) is 0 Å². The lowest BCUT2D eigenvalue weighted by Crippen LogP contribution is -2.31. The van der Waals surface area contributed by atoms with E-state index in [0.717, 1.165) is 11.1 Å². The Kier molecular flexibility index (Phi) is 2.21. The monoisotopic (exact) mass is 204 g/mol. The van der Waals surface area contributed by atoms with E-state index in [9.17, 15) is 9.59 Å². The van der Waals surface area contributed by atoms with Crippen molar-refractivity contribution in [1.82, 2.24) is 4.90 Å². The van der Waals surface area contributed by atoms with Gasteiger partial charge in [0.1, 0.15) is 0 Å². The fourth-order valence-corrected chi connectivity index (χ4v) is 1.52. The van der Waals surface area contributed by atoms with E-state index in [1.165, 1.54) is 0 Å². The maximum Gasteiger partial charge on any atom is 0.261 e. The quantitative estimate of drug-likeness (QED) is 0.334. The molecule has 1 N–H and O–H groups in total. The Labute approximate surface area is 85.6 Å². The molecule has 1 aliphatic heterocycles. The van der Waals surface area contributed by atoms with Crippen molar-refractivity contribution in [1.29, 1.82) is 0 Å². The number of imide groups is 1. The van der Waals surface area contributed by atoms with E-state index in [4.69, 9.17) is 5.21 Å². The molecule has 1 aromatic rings. The molecule has 1 aliphatic rings. The number of nitrogens with zero attached hydrogens (tertiary/aromatic N) is 2. The molecule has 76 valence electrons. The van der Waals surface area contributed by atoms with Crippen LogP contribution in [0.1, 0.15) is 20.7 Å². The van der Waals surface area contributed by atoms with Crippen molar-refractivity contribution >= 4 is 18.0 Å². The predicted octanol–water partition coefficient (Wildman–Crippen LogP) is 0.743. The largest absolute Gasteiger partial charge is 0.411 e. The number of carbonyl (C=O) groups is 2. The highest BCUT2D eigenvalue weighted by Gasteiger charge is 2.34. The van der Waals surface area contributed by atoms with Gasteiger partial charge in [-0.05, 0) is 12.1 Å². The van der Waals surface area contributed by atoms with Crippen LogP contribution in [0.4, 0.5) is 0 Å². The molecule has 15 heavy (non-hydrogen) atoms. The second-order valence-corrected chi connectivity index (χ2v) is 3.06. The van der Waals surface area contributed by atoms with Crippen molar-refractivity contribution in [2.45, 2.75) is 0 Å². The van der Waals surface area contributed by atoms with Gasteiger partial charge in [0.25, 0.3) is 11.8 Å². The average molecular weight is 204 g/mol. The van der Waals surface area contributed by atoms with Gasteiger partial charge in [0.15, 0.2) is 0 Å². The highest BCUT2D eigenvalue weighted by atomic mass is 16.4. The molecule has 0 unspecified atom stereocenters. The molecule has 0 aromatic heterocycles. The number of benzene rings is 1. The van der Waals surface area contributed by atoms with Crippen LogP contribution < -0.4 is 0 Å². The topological polar surface area (TPSA) is 70.0 Å². The fourth-order valence-electron chi connectivity index (χ4n) is 1.52. The standard InChI is InChI=1S/C10H8N2O3/c13-9-7-3-1-2-4-8(7)10(14)12(9)6-5-11-15/h1-5,15H,6H2/b11-5-. The summed E-state index contributed by atoms with van der Waals surface area (Å²) in [6.07, 6.45) is 1.10. The van der Waals surface area contributed by atoms with Gasteiger partial charge in [0, 0.05) is 0 Å². The Morgan fingerprint density at radius 2 is 1.73 bits per heavy atom. The minimum Gasteiger partial charge on any atom is -0.411 e. The molecule has 1 heterocycles. The number of carbonyl (C=O) groups excluding carboxylic acids is 2. The first-order chi connectivity index (χ1) is 7.25. The van der Waals surface area contributed by atoms with Gasteiger partial charge < -0.3 is 5.21 Å². The maximum absolute atomic E-state index is 11.7. The van der Waals surface area contributed by atoms with Crippen molar-refractivity contribution in [2.75, 3.05) is 6.54 Å². The average Bonchev–Trinajstić information content (AvgIpc) is 2.51. The van der Waals surface area contributed by atoms with Gasteiger partial charge in [-0.1, -0.05) is 12.1 Å². The van der Waals surface area contributed by atoms with Gasteiger partial charge in [0.05, 0.1) is 23.9 Å². The van der Waals surface area contributed by atoms with Crippen LogP contribution in [0, 0.1) is 0 Å². The lowest BCUT2D eigenvalue weighted by molar-refractivity contribution is 0.0678. The fraction of sp³-hybridized carbons (Fsp3) is 0.100. The smallest absolute Gasteiger partial charge is 0.261 e. The lowest BCUT2D eigenvalue weighted by atomic mass is 10.1.